The molecule has 0 aromatic heterocycles. The topological polar surface area (TPSA) is 130 Å². The summed E-state index contributed by atoms with van der Waals surface area (Å²) in [4.78, 5) is 9.74. The van der Waals surface area contributed by atoms with Crippen LogP contribution in [0, 0.1) is 17.0 Å². The monoisotopic (exact) mass is 304 g/mol. The summed E-state index contributed by atoms with van der Waals surface area (Å²) in [5.41, 5.74) is -1.61. The molecule has 20 heavy (non-hydrogen) atoms. The molecule has 9 heteroatoms. The van der Waals surface area contributed by atoms with Crippen molar-refractivity contribution in [3.05, 3.63) is 33.9 Å². The zero-order valence-electron chi connectivity index (χ0n) is 11.0. The normalized spacial score (nSPS) is 14.8. The van der Waals surface area contributed by atoms with E-state index in [9.17, 15) is 23.6 Å². The summed E-state index contributed by atoms with van der Waals surface area (Å²) >= 11 is 0. The van der Waals surface area contributed by atoms with E-state index in [-0.39, 0.29) is 10.6 Å². The molecule has 1 rings (SSSR count). The van der Waals surface area contributed by atoms with Gasteiger partial charge in [0.2, 0.25) is 10.0 Å². The first-order valence-electron chi connectivity index (χ1n) is 5.67. The fourth-order valence-electron chi connectivity index (χ4n) is 1.38. The van der Waals surface area contributed by atoms with E-state index in [0.29, 0.717) is 5.56 Å². The van der Waals surface area contributed by atoms with Gasteiger partial charge in [0.25, 0.3) is 5.69 Å². The molecule has 112 valence electrons. The number of benzene rings is 1. The zero-order chi connectivity index (χ0) is 15.6. The highest BCUT2D eigenvalue weighted by atomic mass is 32.2. The molecule has 1 atom stereocenters. The van der Waals surface area contributed by atoms with Gasteiger partial charge < -0.3 is 10.2 Å². The molecule has 0 bridgehead atoms. The van der Waals surface area contributed by atoms with Gasteiger partial charge in [-0.15, -0.1) is 0 Å². The number of nitrogens with zero attached hydrogens (tertiary/aromatic N) is 1. The van der Waals surface area contributed by atoms with Crippen molar-refractivity contribution >= 4 is 15.7 Å². The van der Waals surface area contributed by atoms with Gasteiger partial charge >= 0.3 is 0 Å². The summed E-state index contributed by atoms with van der Waals surface area (Å²) in [5, 5.41) is 29.1. The minimum Gasteiger partial charge on any atom is -0.393 e. The van der Waals surface area contributed by atoms with E-state index in [1.807, 2.05) is 0 Å². The highest BCUT2D eigenvalue weighted by Gasteiger charge is 2.25. The predicted molar refractivity (Wildman–Crippen MR) is 70.7 cm³/mol. The predicted octanol–water partition coefficient (Wildman–Crippen LogP) is -0.0752. The number of aliphatic hydroxyl groups is 2. The fraction of sp³-hybridized carbons (Fsp3) is 0.455. The van der Waals surface area contributed by atoms with Gasteiger partial charge in [0.05, 0.1) is 22.0 Å². The molecule has 0 aliphatic rings. The highest BCUT2D eigenvalue weighted by molar-refractivity contribution is 7.89. The third-order valence-corrected chi connectivity index (χ3v) is 4.20. The first-order valence-corrected chi connectivity index (χ1v) is 7.15. The smallest absolute Gasteiger partial charge is 0.270 e. The molecule has 0 radical (unpaired) electrons. The number of nitro groups is 1. The third-order valence-electron chi connectivity index (χ3n) is 2.66. The second-order valence-corrected chi connectivity index (χ2v) is 6.42. The van der Waals surface area contributed by atoms with Gasteiger partial charge in [0.1, 0.15) is 0 Å². The van der Waals surface area contributed by atoms with E-state index in [2.05, 4.69) is 4.72 Å². The van der Waals surface area contributed by atoms with Crippen molar-refractivity contribution in [3.63, 3.8) is 0 Å². The molecule has 0 aliphatic heterocycles. The number of hydrogen-bond donors (Lipinski definition) is 3. The minimum atomic E-state index is -4.02. The number of nitro benzene ring substituents is 1. The molecule has 0 saturated heterocycles. The van der Waals surface area contributed by atoms with Gasteiger partial charge in [-0.1, -0.05) is 6.07 Å². The van der Waals surface area contributed by atoms with E-state index in [0.717, 1.165) is 6.07 Å². The summed E-state index contributed by atoms with van der Waals surface area (Å²) < 4.78 is 26.2. The maximum Gasteiger partial charge on any atom is 0.270 e. The van der Waals surface area contributed by atoms with Crippen LogP contribution in [-0.4, -0.2) is 42.3 Å². The molecule has 3 N–H and O–H groups in total. The first-order chi connectivity index (χ1) is 9.09. The lowest BCUT2D eigenvalue weighted by molar-refractivity contribution is -0.385. The Balaban J connectivity index is 3.09. The summed E-state index contributed by atoms with van der Waals surface area (Å²) in [5.74, 6) is 0. The largest absolute Gasteiger partial charge is 0.393 e. The summed E-state index contributed by atoms with van der Waals surface area (Å²) in [6, 6.07) is 3.49. The Morgan fingerprint density at radius 3 is 2.55 bits per heavy atom. The van der Waals surface area contributed by atoms with Crippen molar-refractivity contribution in [1.29, 1.82) is 0 Å². The lowest BCUT2D eigenvalue weighted by Gasteiger charge is -2.20. The van der Waals surface area contributed by atoms with Crippen molar-refractivity contribution < 1.29 is 23.6 Å². The molecule has 1 aromatic carbocycles. The van der Waals surface area contributed by atoms with E-state index < -0.39 is 33.7 Å². The maximum absolute atomic E-state index is 12.1. The summed E-state index contributed by atoms with van der Waals surface area (Å²) in [6.45, 7) is 1.73. The molecule has 0 heterocycles. The van der Waals surface area contributed by atoms with Gasteiger partial charge in [-0.05, 0) is 19.4 Å². The molecule has 0 saturated carbocycles. The Labute approximate surface area is 116 Å². The molecular weight excluding hydrogens is 288 g/mol. The first kappa shape index (κ1) is 16.5. The maximum atomic E-state index is 12.1. The molecular formula is C11H16N2O6S. The number of rotatable bonds is 6. The van der Waals surface area contributed by atoms with E-state index in [1.54, 1.807) is 0 Å². The summed E-state index contributed by atoms with van der Waals surface area (Å²) in [6.07, 6.45) is 0. The molecule has 1 unspecified atom stereocenters. The average molecular weight is 304 g/mol. The van der Waals surface area contributed by atoms with Crippen LogP contribution in [-0.2, 0) is 10.0 Å². The molecule has 0 spiro atoms. The van der Waals surface area contributed by atoms with Crippen LogP contribution in [0.15, 0.2) is 23.1 Å². The lowest BCUT2D eigenvalue weighted by atomic mass is 10.1. The Bertz CT molecular complexity index is 611. The van der Waals surface area contributed by atoms with Gasteiger partial charge in [-0.2, -0.15) is 0 Å². The number of sulfonamides is 1. The Morgan fingerprint density at radius 2 is 2.05 bits per heavy atom. The molecule has 0 fully saturated rings. The van der Waals surface area contributed by atoms with Crippen LogP contribution in [0.1, 0.15) is 12.5 Å². The van der Waals surface area contributed by atoms with Crippen LogP contribution >= 0.6 is 0 Å². The lowest BCUT2D eigenvalue weighted by Crippen LogP contribution is -2.43. The van der Waals surface area contributed by atoms with Gasteiger partial charge in [0.15, 0.2) is 0 Å². The van der Waals surface area contributed by atoms with Crippen LogP contribution in [0.5, 0.6) is 0 Å². The van der Waals surface area contributed by atoms with Crippen LogP contribution in [0.3, 0.4) is 0 Å². The Kier molecular flexibility index (Phi) is 4.81. The molecule has 0 amide bonds. The van der Waals surface area contributed by atoms with Gasteiger partial charge in [-0.25, -0.2) is 13.1 Å². The van der Waals surface area contributed by atoms with E-state index in [4.69, 9.17) is 5.11 Å². The molecule has 1 aromatic rings. The minimum absolute atomic E-state index is 0.236. The van der Waals surface area contributed by atoms with E-state index >= 15 is 0 Å². The SMILES string of the molecule is Cc1ccc([N+](=O)[O-])cc1S(=O)(=O)NCC(C)(O)CO. The quantitative estimate of drug-likeness (QED) is 0.498. The standard InChI is InChI=1S/C11H16N2O6S/c1-8-3-4-9(13(16)17)5-10(8)20(18,19)12-6-11(2,15)7-14/h3-5,12,14-15H,6-7H2,1-2H3. The summed E-state index contributed by atoms with van der Waals surface area (Å²) in [7, 11) is -4.02. The second kappa shape index (κ2) is 5.83. The van der Waals surface area contributed by atoms with Crippen LogP contribution in [0.4, 0.5) is 5.69 Å². The Hall–Kier alpha value is -1.55. The van der Waals surface area contributed by atoms with Crippen molar-refractivity contribution in [2.45, 2.75) is 24.3 Å². The molecule has 8 nitrogen and oxygen atoms in total. The number of hydrogen-bond acceptors (Lipinski definition) is 6. The second-order valence-electron chi connectivity index (χ2n) is 4.69. The van der Waals surface area contributed by atoms with Crippen LogP contribution < -0.4 is 4.72 Å². The van der Waals surface area contributed by atoms with E-state index in [1.165, 1.54) is 26.0 Å². The third kappa shape index (κ3) is 3.97. The van der Waals surface area contributed by atoms with Gasteiger partial charge in [0, 0.05) is 18.7 Å². The fourth-order valence-corrected chi connectivity index (χ4v) is 2.80. The van der Waals surface area contributed by atoms with Crippen LogP contribution in [0.25, 0.3) is 0 Å². The van der Waals surface area contributed by atoms with Gasteiger partial charge in [-0.3, -0.25) is 10.1 Å². The molecule has 0 aliphatic carbocycles. The number of aryl methyl sites for hydroxylation is 1. The van der Waals surface area contributed by atoms with Crippen molar-refractivity contribution in [1.82, 2.24) is 4.72 Å². The zero-order valence-corrected chi connectivity index (χ0v) is 11.8. The highest BCUT2D eigenvalue weighted by Crippen LogP contribution is 2.21. The van der Waals surface area contributed by atoms with Crippen molar-refractivity contribution in [2.75, 3.05) is 13.2 Å². The van der Waals surface area contributed by atoms with Crippen molar-refractivity contribution in [3.8, 4) is 0 Å². The number of non-ortho nitro benzene ring substituents is 1. The van der Waals surface area contributed by atoms with Crippen molar-refractivity contribution in [2.24, 2.45) is 0 Å². The number of nitrogens with one attached hydrogen (secondary N) is 1. The number of aliphatic hydroxyl groups excluding tert-OH is 1. The average Bonchev–Trinajstić information content (AvgIpc) is 2.37. The Morgan fingerprint density at radius 1 is 1.45 bits per heavy atom. The van der Waals surface area contributed by atoms with Crippen LogP contribution in [0.2, 0.25) is 0 Å².